The Morgan fingerprint density at radius 2 is 1.64 bits per heavy atom. The average Bonchev–Trinajstić information content (AvgIpc) is 2.68. The molecule has 0 unspecified atom stereocenters. The van der Waals surface area contributed by atoms with Gasteiger partial charge in [0.05, 0.1) is 5.69 Å². The highest BCUT2D eigenvalue weighted by molar-refractivity contribution is 5.86. The van der Waals surface area contributed by atoms with Gasteiger partial charge in [-0.3, -0.25) is 4.99 Å². The maximum absolute atomic E-state index is 11.3. The molecule has 28 heavy (non-hydrogen) atoms. The van der Waals surface area contributed by atoms with E-state index in [2.05, 4.69) is 24.0 Å². The number of phenolic OH excluding ortho intramolecular Hbond substituents is 1. The third kappa shape index (κ3) is 3.17. The molecule has 2 aromatic carbocycles. The van der Waals surface area contributed by atoms with Gasteiger partial charge in [0.2, 0.25) is 0 Å². The molecule has 0 radical (unpaired) electrons. The van der Waals surface area contributed by atoms with Crippen molar-refractivity contribution in [2.75, 3.05) is 0 Å². The van der Waals surface area contributed by atoms with Crippen LogP contribution in [0.15, 0.2) is 47.5 Å². The van der Waals surface area contributed by atoms with Crippen molar-refractivity contribution in [3.05, 3.63) is 59.2 Å². The zero-order valence-electron chi connectivity index (χ0n) is 16.9. The SMILES string of the molecule is CCCc1cc(C=Nc2ccccc2)c(O)c(C23CC4CC(CC(C4)C2)C3)c1. The first kappa shape index (κ1) is 18.0. The fraction of sp³-hybridized carbons (Fsp3) is 0.500. The van der Waals surface area contributed by atoms with Crippen molar-refractivity contribution in [2.45, 2.75) is 63.7 Å². The van der Waals surface area contributed by atoms with E-state index in [0.29, 0.717) is 5.75 Å². The second-order valence-corrected chi connectivity index (χ2v) is 9.62. The molecule has 4 fully saturated rings. The second-order valence-electron chi connectivity index (χ2n) is 9.62. The molecule has 0 aromatic heterocycles. The van der Waals surface area contributed by atoms with Gasteiger partial charge in [-0.2, -0.15) is 0 Å². The van der Waals surface area contributed by atoms with Gasteiger partial charge in [-0.15, -0.1) is 0 Å². The van der Waals surface area contributed by atoms with Crippen molar-refractivity contribution in [3.63, 3.8) is 0 Å². The minimum atomic E-state index is 0.206. The average molecular weight is 374 g/mol. The number of aryl methyl sites for hydroxylation is 1. The van der Waals surface area contributed by atoms with Gasteiger partial charge in [0.15, 0.2) is 0 Å². The first-order valence-corrected chi connectivity index (χ1v) is 11.1. The summed E-state index contributed by atoms with van der Waals surface area (Å²) in [5, 5.41) is 11.3. The molecule has 0 atom stereocenters. The minimum absolute atomic E-state index is 0.206. The molecule has 2 heteroatoms. The highest BCUT2D eigenvalue weighted by atomic mass is 16.3. The molecule has 146 valence electrons. The predicted octanol–water partition coefficient (Wildman–Crippen LogP) is 6.56. The number of para-hydroxylation sites is 1. The van der Waals surface area contributed by atoms with E-state index in [9.17, 15) is 5.11 Å². The van der Waals surface area contributed by atoms with Crippen molar-refractivity contribution in [3.8, 4) is 5.75 Å². The Morgan fingerprint density at radius 3 is 2.25 bits per heavy atom. The van der Waals surface area contributed by atoms with Gasteiger partial charge in [0.1, 0.15) is 5.75 Å². The van der Waals surface area contributed by atoms with Crippen molar-refractivity contribution in [1.29, 1.82) is 0 Å². The molecular weight excluding hydrogens is 342 g/mol. The Kier molecular flexibility index (Phi) is 4.53. The third-order valence-electron chi connectivity index (χ3n) is 7.46. The molecule has 4 saturated carbocycles. The molecule has 0 aliphatic heterocycles. The van der Waals surface area contributed by atoms with Gasteiger partial charge in [-0.25, -0.2) is 0 Å². The summed E-state index contributed by atoms with van der Waals surface area (Å²) in [5.41, 5.74) is 4.60. The summed E-state index contributed by atoms with van der Waals surface area (Å²) in [6.07, 6.45) is 12.2. The van der Waals surface area contributed by atoms with Crippen LogP contribution in [0.25, 0.3) is 0 Å². The van der Waals surface area contributed by atoms with Gasteiger partial charge in [0, 0.05) is 17.3 Å². The van der Waals surface area contributed by atoms with Gasteiger partial charge in [0.25, 0.3) is 0 Å². The minimum Gasteiger partial charge on any atom is -0.507 e. The molecule has 0 spiro atoms. The zero-order chi connectivity index (χ0) is 19.1. The molecule has 2 aromatic rings. The van der Waals surface area contributed by atoms with E-state index in [1.165, 1.54) is 49.7 Å². The predicted molar refractivity (Wildman–Crippen MR) is 116 cm³/mol. The van der Waals surface area contributed by atoms with Crippen LogP contribution in [0.5, 0.6) is 5.75 Å². The lowest BCUT2D eigenvalue weighted by Crippen LogP contribution is -2.48. The van der Waals surface area contributed by atoms with Gasteiger partial charge >= 0.3 is 0 Å². The number of aliphatic imine (C=N–C) groups is 1. The molecule has 1 N–H and O–H groups in total. The molecule has 0 saturated heterocycles. The number of phenols is 1. The fourth-order valence-electron chi connectivity index (χ4n) is 6.75. The van der Waals surface area contributed by atoms with E-state index in [0.717, 1.165) is 41.8 Å². The summed E-state index contributed by atoms with van der Waals surface area (Å²) in [6, 6.07) is 14.5. The van der Waals surface area contributed by atoms with Crippen LogP contribution in [-0.2, 0) is 11.8 Å². The molecule has 0 amide bonds. The fourth-order valence-corrected chi connectivity index (χ4v) is 6.75. The van der Waals surface area contributed by atoms with Crippen LogP contribution in [0, 0.1) is 17.8 Å². The smallest absolute Gasteiger partial charge is 0.128 e. The molecule has 6 rings (SSSR count). The molecule has 4 aliphatic rings. The van der Waals surface area contributed by atoms with Gasteiger partial charge in [-0.05, 0) is 91.9 Å². The van der Waals surface area contributed by atoms with Gasteiger partial charge in [-0.1, -0.05) is 37.6 Å². The van der Waals surface area contributed by atoms with Crippen LogP contribution in [0.2, 0.25) is 0 Å². The highest BCUT2D eigenvalue weighted by Gasteiger charge is 2.52. The molecular formula is C26H31NO. The van der Waals surface area contributed by atoms with Crippen LogP contribution >= 0.6 is 0 Å². The summed E-state index contributed by atoms with van der Waals surface area (Å²) in [6.45, 7) is 2.23. The standard InChI is InChI=1S/C26H31NO/c1-2-6-18-12-22(17-27-23-7-4-3-5-8-23)25(28)24(13-18)26-14-19-9-20(15-26)11-21(10-19)16-26/h3-5,7-8,12-13,17,19-21,28H,2,6,9-11,14-16H2,1H3. The number of nitrogens with zero attached hydrogens (tertiary/aromatic N) is 1. The largest absolute Gasteiger partial charge is 0.507 e. The van der Waals surface area contributed by atoms with E-state index in [4.69, 9.17) is 0 Å². The van der Waals surface area contributed by atoms with E-state index in [1.54, 1.807) is 0 Å². The normalized spacial score (nSPS) is 31.0. The summed E-state index contributed by atoms with van der Waals surface area (Å²) in [4.78, 5) is 4.64. The van der Waals surface area contributed by atoms with Crippen molar-refractivity contribution in [1.82, 2.24) is 0 Å². The van der Waals surface area contributed by atoms with Crippen LogP contribution in [0.1, 0.15) is 68.6 Å². The number of rotatable bonds is 5. The molecule has 0 heterocycles. The Balaban J connectivity index is 1.56. The van der Waals surface area contributed by atoms with E-state index >= 15 is 0 Å². The van der Waals surface area contributed by atoms with Crippen LogP contribution in [-0.4, -0.2) is 11.3 Å². The second kappa shape index (κ2) is 7.06. The first-order chi connectivity index (χ1) is 13.6. The summed E-state index contributed by atoms with van der Waals surface area (Å²) >= 11 is 0. The number of benzene rings is 2. The van der Waals surface area contributed by atoms with Crippen molar-refractivity contribution >= 4 is 11.9 Å². The highest BCUT2D eigenvalue weighted by Crippen LogP contribution is 2.62. The maximum Gasteiger partial charge on any atom is 0.128 e. The third-order valence-corrected chi connectivity index (χ3v) is 7.46. The number of aromatic hydroxyl groups is 1. The lowest BCUT2D eigenvalue weighted by Gasteiger charge is -2.57. The first-order valence-electron chi connectivity index (χ1n) is 11.1. The Hall–Kier alpha value is -2.09. The van der Waals surface area contributed by atoms with Crippen LogP contribution in [0.4, 0.5) is 5.69 Å². The van der Waals surface area contributed by atoms with Crippen LogP contribution < -0.4 is 0 Å². The lowest BCUT2D eigenvalue weighted by atomic mass is 9.48. The Morgan fingerprint density at radius 1 is 1.00 bits per heavy atom. The quantitative estimate of drug-likeness (QED) is 0.591. The lowest BCUT2D eigenvalue weighted by molar-refractivity contribution is -0.00617. The monoisotopic (exact) mass is 373 g/mol. The van der Waals surface area contributed by atoms with Gasteiger partial charge < -0.3 is 5.11 Å². The topological polar surface area (TPSA) is 32.6 Å². The Labute approximate surface area is 168 Å². The number of hydrogen-bond donors (Lipinski definition) is 1. The molecule has 2 nitrogen and oxygen atoms in total. The van der Waals surface area contributed by atoms with E-state index in [1.807, 2.05) is 36.5 Å². The molecule has 4 aliphatic carbocycles. The molecule has 4 bridgehead atoms. The summed E-state index contributed by atoms with van der Waals surface area (Å²) < 4.78 is 0. The van der Waals surface area contributed by atoms with Crippen molar-refractivity contribution < 1.29 is 5.11 Å². The van der Waals surface area contributed by atoms with E-state index < -0.39 is 0 Å². The van der Waals surface area contributed by atoms with Crippen molar-refractivity contribution in [2.24, 2.45) is 22.7 Å². The Bertz CT molecular complexity index is 848. The van der Waals surface area contributed by atoms with Crippen LogP contribution in [0.3, 0.4) is 0 Å². The number of hydrogen-bond acceptors (Lipinski definition) is 2. The summed E-state index contributed by atoms with van der Waals surface area (Å²) in [5.74, 6) is 3.12. The summed E-state index contributed by atoms with van der Waals surface area (Å²) in [7, 11) is 0. The maximum atomic E-state index is 11.3. The van der Waals surface area contributed by atoms with E-state index in [-0.39, 0.29) is 5.41 Å². The zero-order valence-corrected chi connectivity index (χ0v) is 16.9.